The number of carbonyl (C=O) groups is 1. The molecule has 1 fully saturated rings. The van der Waals surface area contributed by atoms with E-state index in [9.17, 15) is 9.90 Å². The van der Waals surface area contributed by atoms with Crippen LogP contribution in [0.4, 0.5) is 0 Å². The topological polar surface area (TPSA) is 52.6 Å². The predicted molar refractivity (Wildman–Crippen MR) is 77.6 cm³/mol. The lowest BCUT2D eigenvalue weighted by atomic mass is 10.0. The highest BCUT2D eigenvalue weighted by atomic mass is 16.3. The van der Waals surface area contributed by atoms with Gasteiger partial charge in [0.15, 0.2) is 0 Å². The summed E-state index contributed by atoms with van der Waals surface area (Å²) in [5, 5.41) is 13.6. The number of nitrogens with zero attached hydrogens (tertiary/aromatic N) is 1. The van der Waals surface area contributed by atoms with Crippen molar-refractivity contribution in [3.63, 3.8) is 0 Å². The number of hydrogen-bond donors (Lipinski definition) is 2. The molecule has 0 spiro atoms. The molecule has 2 N–H and O–H groups in total. The number of likely N-dealkylation sites (tertiary alicyclic amines) is 1. The smallest absolute Gasteiger partial charge is 0.219 e. The Hall–Kier alpha value is -1.55. The van der Waals surface area contributed by atoms with Crippen molar-refractivity contribution in [2.75, 3.05) is 13.1 Å². The number of nitrogens with one attached hydrogen (secondary N) is 1. The number of carbonyl (C=O) groups excluding carboxylic acids is 1. The molecule has 1 atom stereocenters. The summed E-state index contributed by atoms with van der Waals surface area (Å²) in [7, 11) is 0. The fourth-order valence-corrected chi connectivity index (χ4v) is 3.45. The number of benzene rings is 1. The van der Waals surface area contributed by atoms with E-state index in [2.05, 4.69) is 11.4 Å². The fraction of sp³-hybridized carbons (Fsp3) is 0.562. The molecule has 1 aliphatic carbocycles. The van der Waals surface area contributed by atoms with Crippen LogP contribution in [0.25, 0.3) is 0 Å². The second kappa shape index (κ2) is 5.44. The molecule has 1 amide bonds. The fourth-order valence-electron chi connectivity index (χ4n) is 3.45. The van der Waals surface area contributed by atoms with Gasteiger partial charge in [0, 0.05) is 32.1 Å². The van der Waals surface area contributed by atoms with E-state index >= 15 is 0 Å². The maximum atomic E-state index is 11.3. The largest absolute Gasteiger partial charge is 0.508 e. The molecule has 20 heavy (non-hydrogen) atoms. The highest BCUT2D eigenvalue weighted by Crippen LogP contribution is 2.36. The number of rotatable bonds is 2. The van der Waals surface area contributed by atoms with Crippen molar-refractivity contribution in [2.45, 2.75) is 44.7 Å². The molecule has 4 heteroatoms. The lowest BCUT2D eigenvalue weighted by Gasteiger charge is -2.33. The molecule has 2 aliphatic rings. The molecule has 1 heterocycles. The summed E-state index contributed by atoms with van der Waals surface area (Å²) in [6.45, 7) is 3.35. The third-order valence-corrected chi connectivity index (χ3v) is 4.62. The minimum atomic E-state index is 0.180. The molecule has 0 aromatic heterocycles. The van der Waals surface area contributed by atoms with E-state index in [1.54, 1.807) is 13.0 Å². The van der Waals surface area contributed by atoms with Crippen LogP contribution in [0.2, 0.25) is 0 Å². The predicted octanol–water partition coefficient (Wildman–Crippen LogP) is 1.98. The maximum Gasteiger partial charge on any atom is 0.219 e. The summed E-state index contributed by atoms with van der Waals surface area (Å²) in [6, 6.07) is 6.64. The Balaban J connectivity index is 1.61. The van der Waals surface area contributed by atoms with Gasteiger partial charge in [0.2, 0.25) is 5.91 Å². The van der Waals surface area contributed by atoms with Gasteiger partial charge in [-0.3, -0.25) is 4.79 Å². The van der Waals surface area contributed by atoms with E-state index < -0.39 is 0 Å². The number of amides is 1. The Bertz CT molecular complexity index is 507. The van der Waals surface area contributed by atoms with Crippen LogP contribution in [0, 0.1) is 0 Å². The normalized spacial score (nSPS) is 22.9. The average Bonchev–Trinajstić information content (AvgIpc) is 2.84. The van der Waals surface area contributed by atoms with Gasteiger partial charge in [-0.05, 0) is 42.9 Å². The van der Waals surface area contributed by atoms with Crippen molar-refractivity contribution in [1.29, 1.82) is 0 Å². The Kier molecular flexibility index (Phi) is 3.66. The number of aromatic hydroxyl groups is 1. The quantitative estimate of drug-likeness (QED) is 0.867. The minimum absolute atomic E-state index is 0.180. The minimum Gasteiger partial charge on any atom is -0.508 e. The molecular weight excluding hydrogens is 252 g/mol. The molecular formula is C16H22N2O2. The lowest BCUT2D eigenvalue weighted by Crippen LogP contribution is -2.44. The van der Waals surface area contributed by atoms with Crippen molar-refractivity contribution in [3.8, 4) is 5.75 Å². The first-order chi connectivity index (χ1) is 9.65. The highest BCUT2D eigenvalue weighted by molar-refractivity contribution is 5.73. The molecule has 3 rings (SSSR count). The zero-order chi connectivity index (χ0) is 14.1. The molecule has 0 bridgehead atoms. The van der Waals surface area contributed by atoms with Gasteiger partial charge in [-0.25, -0.2) is 0 Å². The number of fused-ring (bicyclic) bond motifs is 1. The molecule has 1 aromatic carbocycles. The summed E-state index contributed by atoms with van der Waals surface area (Å²) in [5.41, 5.74) is 2.35. The number of phenols is 1. The molecule has 1 aliphatic heterocycles. The second-order valence-electron chi connectivity index (χ2n) is 5.88. The van der Waals surface area contributed by atoms with Gasteiger partial charge < -0.3 is 15.3 Å². The first kappa shape index (κ1) is 13.4. The van der Waals surface area contributed by atoms with Crippen LogP contribution in [-0.2, 0) is 11.2 Å². The molecule has 4 nitrogen and oxygen atoms in total. The third kappa shape index (κ3) is 2.52. The summed E-state index contributed by atoms with van der Waals surface area (Å²) in [6.07, 6.45) is 4.04. The van der Waals surface area contributed by atoms with E-state index in [-0.39, 0.29) is 5.91 Å². The van der Waals surface area contributed by atoms with Gasteiger partial charge in [-0.1, -0.05) is 12.1 Å². The SMILES string of the molecule is CC(=O)N1CCC(NC2CCc3c(O)cccc32)CC1. The Morgan fingerprint density at radius 1 is 1.30 bits per heavy atom. The van der Waals surface area contributed by atoms with Gasteiger partial charge in [0.25, 0.3) is 0 Å². The van der Waals surface area contributed by atoms with Crippen LogP contribution < -0.4 is 5.32 Å². The van der Waals surface area contributed by atoms with E-state index in [1.807, 2.05) is 11.0 Å². The number of hydrogen-bond acceptors (Lipinski definition) is 3. The molecule has 1 saturated heterocycles. The van der Waals surface area contributed by atoms with E-state index in [1.165, 1.54) is 5.56 Å². The van der Waals surface area contributed by atoms with Crippen molar-refractivity contribution in [3.05, 3.63) is 29.3 Å². The van der Waals surface area contributed by atoms with Gasteiger partial charge in [0.1, 0.15) is 5.75 Å². The summed E-state index contributed by atoms with van der Waals surface area (Å²) >= 11 is 0. The van der Waals surface area contributed by atoms with E-state index in [4.69, 9.17) is 0 Å². The molecule has 108 valence electrons. The van der Waals surface area contributed by atoms with Crippen LogP contribution >= 0.6 is 0 Å². The van der Waals surface area contributed by atoms with Gasteiger partial charge in [-0.15, -0.1) is 0 Å². The first-order valence-corrected chi connectivity index (χ1v) is 7.47. The summed E-state index contributed by atoms with van der Waals surface area (Å²) in [4.78, 5) is 13.3. The standard InChI is InChI=1S/C16H22N2O2/c1-11(19)18-9-7-12(8-10-18)17-15-6-5-14-13(15)3-2-4-16(14)20/h2-4,12,15,17,20H,5-10H2,1H3. The third-order valence-electron chi connectivity index (χ3n) is 4.62. The van der Waals surface area contributed by atoms with Crippen LogP contribution in [0.3, 0.4) is 0 Å². The molecule has 1 unspecified atom stereocenters. The summed E-state index contributed by atoms with van der Waals surface area (Å²) < 4.78 is 0. The van der Waals surface area contributed by atoms with Crippen molar-refractivity contribution < 1.29 is 9.90 Å². The van der Waals surface area contributed by atoms with Crippen LogP contribution in [-0.4, -0.2) is 35.0 Å². The van der Waals surface area contributed by atoms with Crippen LogP contribution in [0.1, 0.15) is 43.4 Å². The van der Waals surface area contributed by atoms with E-state index in [0.29, 0.717) is 17.8 Å². The van der Waals surface area contributed by atoms with E-state index in [0.717, 1.165) is 44.3 Å². The van der Waals surface area contributed by atoms with Gasteiger partial charge in [-0.2, -0.15) is 0 Å². The monoisotopic (exact) mass is 274 g/mol. The zero-order valence-electron chi connectivity index (χ0n) is 11.9. The molecule has 0 saturated carbocycles. The van der Waals surface area contributed by atoms with Crippen LogP contribution in [0.5, 0.6) is 5.75 Å². The summed E-state index contributed by atoms with van der Waals surface area (Å²) in [5.74, 6) is 0.609. The zero-order valence-corrected chi connectivity index (χ0v) is 11.9. The first-order valence-electron chi connectivity index (χ1n) is 7.47. The van der Waals surface area contributed by atoms with Crippen molar-refractivity contribution in [2.24, 2.45) is 0 Å². The maximum absolute atomic E-state index is 11.3. The van der Waals surface area contributed by atoms with Crippen molar-refractivity contribution >= 4 is 5.91 Å². The molecule has 1 aromatic rings. The highest BCUT2D eigenvalue weighted by Gasteiger charge is 2.28. The Labute approximate surface area is 119 Å². The van der Waals surface area contributed by atoms with Crippen LogP contribution in [0.15, 0.2) is 18.2 Å². The lowest BCUT2D eigenvalue weighted by molar-refractivity contribution is -0.129. The average molecular weight is 274 g/mol. The Morgan fingerprint density at radius 3 is 2.75 bits per heavy atom. The molecule has 0 radical (unpaired) electrons. The Morgan fingerprint density at radius 2 is 2.05 bits per heavy atom. The second-order valence-corrected chi connectivity index (χ2v) is 5.88. The number of piperidine rings is 1. The number of phenolic OH excluding ortho intramolecular Hbond substituents is 1. The van der Waals surface area contributed by atoms with Crippen molar-refractivity contribution in [1.82, 2.24) is 10.2 Å². The van der Waals surface area contributed by atoms with Gasteiger partial charge >= 0.3 is 0 Å². The van der Waals surface area contributed by atoms with Gasteiger partial charge in [0.05, 0.1) is 0 Å².